The van der Waals surface area contributed by atoms with Crippen molar-refractivity contribution < 1.29 is 14.1 Å². The topological polar surface area (TPSA) is 89.3 Å². The fourth-order valence-electron chi connectivity index (χ4n) is 2.87. The number of fused-ring (bicyclic) bond motifs is 1. The van der Waals surface area contributed by atoms with Gasteiger partial charge in [-0.15, -0.1) is 0 Å². The third kappa shape index (κ3) is 3.11. The van der Waals surface area contributed by atoms with Crippen molar-refractivity contribution in [3.8, 4) is 17.1 Å². The molecule has 2 heterocycles. The number of anilines is 1. The molecule has 4 rings (SSSR count). The molecular formula is C19H18N4O3. The first-order valence-corrected chi connectivity index (χ1v) is 8.44. The van der Waals surface area contributed by atoms with E-state index in [2.05, 4.69) is 20.8 Å². The van der Waals surface area contributed by atoms with Crippen molar-refractivity contribution in [2.24, 2.45) is 0 Å². The summed E-state index contributed by atoms with van der Waals surface area (Å²) in [6, 6.07) is 13.3. The first kappa shape index (κ1) is 16.1. The monoisotopic (exact) mass is 350 g/mol. The van der Waals surface area contributed by atoms with Gasteiger partial charge in [-0.05, 0) is 36.8 Å². The van der Waals surface area contributed by atoms with Crippen molar-refractivity contribution in [2.75, 3.05) is 11.9 Å². The van der Waals surface area contributed by atoms with Gasteiger partial charge in [0.05, 0.1) is 18.7 Å². The number of hydrogen-bond donors (Lipinski definition) is 2. The van der Waals surface area contributed by atoms with E-state index in [1.54, 1.807) is 0 Å². The number of rotatable bonds is 6. The summed E-state index contributed by atoms with van der Waals surface area (Å²) in [7, 11) is 0. The molecule has 0 unspecified atom stereocenters. The maximum atomic E-state index is 11.7. The van der Waals surface area contributed by atoms with Crippen molar-refractivity contribution in [1.29, 1.82) is 0 Å². The second-order valence-electron chi connectivity index (χ2n) is 5.85. The van der Waals surface area contributed by atoms with Crippen LogP contribution in [-0.4, -0.2) is 22.7 Å². The summed E-state index contributed by atoms with van der Waals surface area (Å²) in [6.45, 7) is 3.44. The zero-order valence-electron chi connectivity index (χ0n) is 14.3. The smallest absolute Gasteiger partial charge is 0.251 e. The number of ether oxygens (including phenoxy) is 1. The molecule has 1 aromatic heterocycles. The summed E-state index contributed by atoms with van der Waals surface area (Å²) < 4.78 is 10.9. The van der Waals surface area contributed by atoms with Crippen LogP contribution in [0.5, 0.6) is 5.75 Å². The Kier molecular flexibility index (Phi) is 4.27. The molecule has 0 aliphatic carbocycles. The van der Waals surface area contributed by atoms with Crippen molar-refractivity contribution >= 4 is 11.6 Å². The molecule has 1 aliphatic heterocycles. The molecule has 1 amide bonds. The number of amides is 1. The predicted molar refractivity (Wildman–Crippen MR) is 95.8 cm³/mol. The van der Waals surface area contributed by atoms with Gasteiger partial charge in [0.15, 0.2) is 0 Å². The minimum absolute atomic E-state index is 0.0451. The van der Waals surface area contributed by atoms with Crippen LogP contribution in [-0.2, 0) is 13.1 Å². The highest BCUT2D eigenvalue weighted by atomic mass is 16.5. The molecule has 7 nitrogen and oxygen atoms in total. The van der Waals surface area contributed by atoms with E-state index in [1.807, 2.05) is 49.4 Å². The van der Waals surface area contributed by atoms with Gasteiger partial charge >= 0.3 is 0 Å². The van der Waals surface area contributed by atoms with Gasteiger partial charge in [-0.2, -0.15) is 4.98 Å². The molecule has 26 heavy (non-hydrogen) atoms. The largest absolute Gasteiger partial charge is 0.493 e. The van der Waals surface area contributed by atoms with Crippen LogP contribution in [0.2, 0.25) is 0 Å². The standard InChI is InChI=1S/C19H18N4O3/c1-2-25-16-6-4-3-5-14(16)18-22-17(26-23-18)11-20-13-8-7-12-10-21-19(24)15(12)9-13/h3-9,20H,2,10-11H2,1H3,(H,21,24). The maximum Gasteiger partial charge on any atom is 0.251 e. The molecule has 2 N–H and O–H groups in total. The third-order valence-electron chi connectivity index (χ3n) is 4.13. The Morgan fingerprint density at radius 1 is 1.23 bits per heavy atom. The van der Waals surface area contributed by atoms with E-state index in [0.717, 1.165) is 22.6 Å². The van der Waals surface area contributed by atoms with Gasteiger partial charge in [-0.1, -0.05) is 23.4 Å². The summed E-state index contributed by atoms with van der Waals surface area (Å²) in [4.78, 5) is 16.2. The van der Waals surface area contributed by atoms with Crippen LogP contribution in [0.3, 0.4) is 0 Å². The molecule has 132 valence electrons. The van der Waals surface area contributed by atoms with Crippen LogP contribution in [0.25, 0.3) is 11.4 Å². The average Bonchev–Trinajstić information content (AvgIpc) is 3.28. The highest BCUT2D eigenvalue weighted by molar-refractivity contribution is 5.99. The molecule has 0 saturated heterocycles. The molecule has 0 bridgehead atoms. The number of carbonyl (C=O) groups excluding carboxylic acids is 1. The van der Waals surface area contributed by atoms with E-state index in [-0.39, 0.29) is 5.91 Å². The molecule has 0 fully saturated rings. The molecule has 2 aromatic carbocycles. The summed E-state index contributed by atoms with van der Waals surface area (Å²) in [5, 5.41) is 10.1. The highest BCUT2D eigenvalue weighted by Gasteiger charge is 2.19. The number of nitrogens with zero attached hydrogens (tertiary/aromatic N) is 2. The number of aromatic nitrogens is 2. The number of carbonyl (C=O) groups is 1. The lowest BCUT2D eigenvalue weighted by molar-refractivity contribution is 0.0966. The SMILES string of the molecule is CCOc1ccccc1-c1noc(CNc2ccc3c(c2)C(=O)NC3)n1. The molecule has 3 aromatic rings. The number of para-hydroxylation sites is 1. The van der Waals surface area contributed by atoms with Crippen molar-refractivity contribution in [3.05, 3.63) is 59.5 Å². The Morgan fingerprint density at radius 2 is 2.12 bits per heavy atom. The fraction of sp³-hybridized carbons (Fsp3) is 0.211. The van der Waals surface area contributed by atoms with Gasteiger partial charge in [0.2, 0.25) is 11.7 Å². The second kappa shape index (κ2) is 6.87. The Balaban J connectivity index is 1.48. The normalized spacial score (nSPS) is 12.6. The van der Waals surface area contributed by atoms with E-state index in [9.17, 15) is 4.79 Å². The molecule has 0 radical (unpaired) electrons. The average molecular weight is 350 g/mol. The van der Waals surface area contributed by atoms with Gasteiger partial charge < -0.3 is 19.9 Å². The van der Waals surface area contributed by atoms with Crippen LogP contribution >= 0.6 is 0 Å². The van der Waals surface area contributed by atoms with E-state index in [1.165, 1.54) is 0 Å². The number of nitrogens with one attached hydrogen (secondary N) is 2. The van der Waals surface area contributed by atoms with Crippen LogP contribution in [0.15, 0.2) is 47.0 Å². The zero-order valence-corrected chi connectivity index (χ0v) is 14.3. The molecule has 0 spiro atoms. The Hall–Kier alpha value is -3.35. The Bertz CT molecular complexity index is 951. The first-order chi connectivity index (χ1) is 12.7. The van der Waals surface area contributed by atoms with Gasteiger partial charge in [0.25, 0.3) is 5.91 Å². The fourth-order valence-corrected chi connectivity index (χ4v) is 2.87. The van der Waals surface area contributed by atoms with Crippen LogP contribution in [0.1, 0.15) is 28.7 Å². The second-order valence-corrected chi connectivity index (χ2v) is 5.85. The molecule has 1 aliphatic rings. The van der Waals surface area contributed by atoms with Crippen molar-refractivity contribution in [1.82, 2.24) is 15.5 Å². The Labute approximate surface area is 150 Å². The number of hydrogen-bond acceptors (Lipinski definition) is 6. The summed E-state index contributed by atoms with van der Waals surface area (Å²) in [5.74, 6) is 1.62. The van der Waals surface area contributed by atoms with E-state index >= 15 is 0 Å². The van der Waals surface area contributed by atoms with E-state index < -0.39 is 0 Å². The zero-order chi connectivity index (χ0) is 17.9. The lowest BCUT2D eigenvalue weighted by Crippen LogP contribution is -2.12. The van der Waals surface area contributed by atoms with Crippen LogP contribution in [0.4, 0.5) is 5.69 Å². The highest BCUT2D eigenvalue weighted by Crippen LogP contribution is 2.27. The van der Waals surface area contributed by atoms with Crippen LogP contribution < -0.4 is 15.4 Å². The van der Waals surface area contributed by atoms with Crippen LogP contribution in [0, 0.1) is 0 Å². The van der Waals surface area contributed by atoms with Gasteiger partial charge in [-0.25, -0.2) is 0 Å². The molecule has 0 atom stereocenters. The Morgan fingerprint density at radius 3 is 3.00 bits per heavy atom. The van der Waals surface area contributed by atoms with Gasteiger partial charge in [0.1, 0.15) is 5.75 Å². The number of benzene rings is 2. The molecule has 7 heteroatoms. The summed E-state index contributed by atoms with van der Waals surface area (Å²) in [6.07, 6.45) is 0. The third-order valence-corrected chi connectivity index (χ3v) is 4.13. The summed E-state index contributed by atoms with van der Waals surface area (Å²) in [5.41, 5.74) is 3.33. The minimum Gasteiger partial charge on any atom is -0.493 e. The van der Waals surface area contributed by atoms with Gasteiger partial charge in [0, 0.05) is 17.8 Å². The summed E-state index contributed by atoms with van der Waals surface area (Å²) >= 11 is 0. The quantitative estimate of drug-likeness (QED) is 0.710. The maximum absolute atomic E-state index is 11.7. The predicted octanol–water partition coefficient (Wildman–Crippen LogP) is 2.99. The lowest BCUT2D eigenvalue weighted by atomic mass is 10.1. The molecular weight excluding hydrogens is 332 g/mol. The lowest BCUT2D eigenvalue weighted by Gasteiger charge is -2.06. The molecule has 0 saturated carbocycles. The van der Waals surface area contributed by atoms with E-state index in [0.29, 0.717) is 37.0 Å². The van der Waals surface area contributed by atoms with Crippen molar-refractivity contribution in [3.63, 3.8) is 0 Å². The van der Waals surface area contributed by atoms with Crippen molar-refractivity contribution in [2.45, 2.75) is 20.0 Å². The van der Waals surface area contributed by atoms with Gasteiger partial charge in [-0.3, -0.25) is 4.79 Å². The van der Waals surface area contributed by atoms with E-state index in [4.69, 9.17) is 9.26 Å². The first-order valence-electron chi connectivity index (χ1n) is 8.44. The minimum atomic E-state index is -0.0451.